The molecule has 3 aromatic rings. The Balaban J connectivity index is 1.49. The van der Waals surface area contributed by atoms with Crippen LogP contribution in [0.2, 0.25) is 0 Å². The number of nitrogens with two attached hydrogens (primary N) is 1. The minimum Gasteiger partial charge on any atom is -0.355 e. The van der Waals surface area contributed by atoms with Crippen LogP contribution in [0.1, 0.15) is 11.3 Å². The monoisotopic (exact) mass is 480 g/mol. The highest BCUT2D eigenvalue weighted by atomic mass is 32.2. The van der Waals surface area contributed by atoms with Crippen molar-refractivity contribution in [3.63, 3.8) is 0 Å². The molecule has 4 N–H and O–H groups in total. The number of carbonyl (C=O) groups excluding carboxylic acids is 1. The van der Waals surface area contributed by atoms with Crippen LogP contribution in [0.4, 0.5) is 5.13 Å². The van der Waals surface area contributed by atoms with Gasteiger partial charge in [-0.25, -0.2) is 27.0 Å². The van der Waals surface area contributed by atoms with Crippen LogP contribution in [0.5, 0.6) is 0 Å². The van der Waals surface area contributed by atoms with Gasteiger partial charge in [0.25, 0.3) is 10.0 Å². The van der Waals surface area contributed by atoms with Crippen molar-refractivity contribution in [3.05, 3.63) is 71.2 Å². The molecule has 0 saturated carbocycles. The number of thiazole rings is 1. The number of hydrogen-bond acceptors (Lipinski definition) is 7. The summed E-state index contributed by atoms with van der Waals surface area (Å²) >= 11 is 1.10. The van der Waals surface area contributed by atoms with Gasteiger partial charge >= 0.3 is 0 Å². The van der Waals surface area contributed by atoms with Crippen molar-refractivity contribution in [3.8, 4) is 0 Å². The summed E-state index contributed by atoms with van der Waals surface area (Å²) in [7, 11) is -7.47. The van der Waals surface area contributed by atoms with E-state index in [1.54, 1.807) is 35.7 Å². The Labute approximate surface area is 184 Å². The topological polar surface area (TPSA) is 148 Å². The van der Waals surface area contributed by atoms with Crippen molar-refractivity contribution in [1.82, 2.24) is 10.3 Å². The van der Waals surface area contributed by atoms with E-state index in [4.69, 9.17) is 5.14 Å². The van der Waals surface area contributed by atoms with Gasteiger partial charge in [0.2, 0.25) is 15.9 Å². The van der Waals surface area contributed by atoms with Crippen molar-refractivity contribution < 1.29 is 21.6 Å². The molecule has 0 spiro atoms. The number of amides is 1. The average molecular weight is 481 g/mol. The van der Waals surface area contributed by atoms with Gasteiger partial charge in [-0.05, 0) is 36.2 Å². The molecule has 3 rings (SSSR count). The summed E-state index contributed by atoms with van der Waals surface area (Å²) in [5, 5.41) is 9.61. The lowest BCUT2D eigenvalue weighted by Gasteiger charge is -2.06. The summed E-state index contributed by atoms with van der Waals surface area (Å²) in [6, 6.07) is 14.0. The highest BCUT2D eigenvalue weighted by Gasteiger charge is 2.16. The second-order valence-electron chi connectivity index (χ2n) is 6.53. The van der Waals surface area contributed by atoms with Crippen LogP contribution >= 0.6 is 11.3 Å². The Kier molecular flexibility index (Phi) is 7.05. The van der Waals surface area contributed by atoms with Crippen molar-refractivity contribution >= 4 is 42.4 Å². The Morgan fingerprint density at radius 1 is 0.968 bits per heavy atom. The summed E-state index contributed by atoms with van der Waals surface area (Å²) in [6.07, 6.45) is 0.518. The first kappa shape index (κ1) is 22.9. The number of rotatable bonds is 9. The molecule has 0 aliphatic heterocycles. The van der Waals surface area contributed by atoms with E-state index in [1.165, 1.54) is 24.3 Å². The Bertz CT molecular complexity index is 1260. The second kappa shape index (κ2) is 9.56. The summed E-state index contributed by atoms with van der Waals surface area (Å²) in [4.78, 5) is 16.4. The van der Waals surface area contributed by atoms with Gasteiger partial charge in [0.15, 0.2) is 5.13 Å². The first-order chi connectivity index (χ1) is 14.6. The second-order valence-corrected chi connectivity index (χ2v) is 10.6. The van der Waals surface area contributed by atoms with Crippen LogP contribution in [0, 0.1) is 0 Å². The van der Waals surface area contributed by atoms with E-state index in [9.17, 15) is 21.6 Å². The minimum absolute atomic E-state index is 0.00786. The maximum atomic E-state index is 12.3. The number of carbonyl (C=O) groups is 1. The largest absolute Gasteiger partial charge is 0.355 e. The van der Waals surface area contributed by atoms with E-state index in [0.29, 0.717) is 18.7 Å². The number of hydrogen-bond donors (Lipinski definition) is 3. The molecule has 0 aliphatic rings. The maximum absolute atomic E-state index is 12.3. The predicted octanol–water partition coefficient (Wildman–Crippen LogP) is 1.49. The molecule has 0 atom stereocenters. The summed E-state index contributed by atoms with van der Waals surface area (Å²) < 4.78 is 49.5. The van der Waals surface area contributed by atoms with E-state index < -0.39 is 20.0 Å². The van der Waals surface area contributed by atoms with E-state index in [-0.39, 0.29) is 27.3 Å². The lowest BCUT2D eigenvalue weighted by molar-refractivity contribution is -0.120. The van der Waals surface area contributed by atoms with Gasteiger partial charge in [-0.1, -0.05) is 30.3 Å². The number of primary sulfonamides is 1. The highest BCUT2D eigenvalue weighted by molar-refractivity contribution is 7.93. The van der Waals surface area contributed by atoms with E-state index >= 15 is 0 Å². The molecule has 0 radical (unpaired) electrons. The SMILES string of the molecule is NS(=O)(=O)c1ccc(CCNC(=O)Cc2csc(NS(=O)(=O)c3ccccc3)n2)cc1. The van der Waals surface area contributed by atoms with Gasteiger partial charge in [0.05, 0.1) is 21.9 Å². The molecule has 31 heavy (non-hydrogen) atoms. The van der Waals surface area contributed by atoms with Gasteiger partial charge in [0.1, 0.15) is 0 Å². The number of nitrogens with one attached hydrogen (secondary N) is 2. The third kappa shape index (κ3) is 6.59. The van der Waals surface area contributed by atoms with Gasteiger partial charge in [-0.2, -0.15) is 0 Å². The molecular weight excluding hydrogens is 460 g/mol. The fraction of sp³-hybridized carbons (Fsp3) is 0.158. The average Bonchev–Trinajstić information content (AvgIpc) is 3.14. The predicted molar refractivity (Wildman–Crippen MR) is 118 cm³/mol. The molecule has 1 heterocycles. The zero-order valence-corrected chi connectivity index (χ0v) is 18.6. The van der Waals surface area contributed by atoms with E-state index in [1.807, 2.05) is 0 Å². The smallest absolute Gasteiger partial charge is 0.263 e. The molecule has 0 aliphatic carbocycles. The zero-order chi connectivity index (χ0) is 22.5. The third-order valence-corrected chi connectivity index (χ3v) is 7.38. The molecule has 164 valence electrons. The standard InChI is InChI=1S/C19H20N4O5S3/c20-30(25,26)16-8-6-14(7-9-16)10-11-21-18(24)12-15-13-29-19(22-15)23-31(27,28)17-4-2-1-3-5-17/h1-9,13H,10-12H2,(H,21,24)(H,22,23)(H2,20,25,26). The quantitative estimate of drug-likeness (QED) is 0.423. The van der Waals surface area contributed by atoms with E-state index in [0.717, 1.165) is 16.9 Å². The van der Waals surface area contributed by atoms with Crippen LogP contribution in [-0.2, 0) is 37.7 Å². The third-order valence-electron chi connectivity index (χ3n) is 4.16. The van der Waals surface area contributed by atoms with Crippen LogP contribution in [-0.4, -0.2) is 34.3 Å². The van der Waals surface area contributed by atoms with Gasteiger partial charge < -0.3 is 5.32 Å². The van der Waals surface area contributed by atoms with Crippen molar-refractivity contribution in [2.45, 2.75) is 22.6 Å². The number of aromatic nitrogens is 1. The Morgan fingerprint density at radius 3 is 2.29 bits per heavy atom. The molecule has 1 amide bonds. The van der Waals surface area contributed by atoms with E-state index in [2.05, 4.69) is 15.0 Å². The molecular formula is C19H20N4O5S3. The Hall–Kier alpha value is -2.80. The number of nitrogens with zero attached hydrogens (tertiary/aromatic N) is 1. The lowest BCUT2D eigenvalue weighted by Crippen LogP contribution is -2.27. The normalized spacial score (nSPS) is 11.8. The van der Waals surface area contributed by atoms with Crippen molar-refractivity contribution in [1.29, 1.82) is 0 Å². The van der Waals surface area contributed by atoms with Crippen LogP contribution in [0.3, 0.4) is 0 Å². The molecule has 0 bridgehead atoms. The molecule has 1 aromatic heterocycles. The fourth-order valence-electron chi connectivity index (χ4n) is 2.63. The minimum atomic E-state index is -3.73. The summed E-state index contributed by atoms with van der Waals surface area (Å²) in [6.45, 7) is 0.352. The maximum Gasteiger partial charge on any atom is 0.263 e. The zero-order valence-electron chi connectivity index (χ0n) is 16.2. The molecule has 0 saturated heterocycles. The summed E-state index contributed by atoms with van der Waals surface area (Å²) in [5.74, 6) is -0.260. The first-order valence-corrected chi connectivity index (χ1v) is 12.9. The lowest BCUT2D eigenvalue weighted by atomic mass is 10.1. The summed E-state index contributed by atoms with van der Waals surface area (Å²) in [5.41, 5.74) is 1.30. The van der Waals surface area contributed by atoms with Crippen LogP contribution < -0.4 is 15.2 Å². The van der Waals surface area contributed by atoms with Gasteiger partial charge in [-0.15, -0.1) is 11.3 Å². The molecule has 9 nitrogen and oxygen atoms in total. The molecule has 0 fully saturated rings. The highest BCUT2D eigenvalue weighted by Crippen LogP contribution is 2.20. The van der Waals surface area contributed by atoms with Crippen molar-refractivity contribution in [2.75, 3.05) is 11.3 Å². The molecule has 12 heteroatoms. The van der Waals surface area contributed by atoms with Gasteiger partial charge in [0, 0.05) is 11.9 Å². The Morgan fingerprint density at radius 2 is 1.65 bits per heavy atom. The number of benzene rings is 2. The van der Waals surface area contributed by atoms with Gasteiger partial charge in [-0.3, -0.25) is 9.52 Å². The van der Waals surface area contributed by atoms with Crippen LogP contribution in [0.15, 0.2) is 69.8 Å². The molecule has 2 aromatic carbocycles. The first-order valence-electron chi connectivity index (χ1n) is 9.04. The number of sulfonamides is 2. The van der Waals surface area contributed by atoms with Crippen molar-refractivity contribution in [2.24, 2.45) is 5.14 Å². The fourth-order valence-corrected chi connectivity index (χ4v) is 5.13. The number of anilines is 1. The van der Waals surface area contributed by atoms with Crippen LogP contribution in [0.25, 0.3) is 0 Å². The molecule has 0 unspecified atom stereocenters.